The van der Waals surface area contributed by atoms with E-state index in [0.29, 0.717) is 30.3 Å². The number of nitrogens with one attached hydrogen (secondary N) is 1. The van der Waals surface area contributed by atoms with Gasteiger partial charge in [0.2, 0.25) is 0 Å². The molecule has 2 aromatic rings. The lowest BCUT2D eigenvalue weighted by Gasteiger charge is -2.35. The molecule has 12 nitrogen and oxygen atoms in total. The Balaban J connectivity index is 1.36. The van der Waals surface area contributed by atoms with Crippen LogP contribution in [0.25, 0.3) is 5.95 Å². The van der Waals surface area contributed by atoms with E-state index < -0.39 is 36.6 Å². The van der Waals surface area contributed by atoms with E-state index in [1.807, 2.05) is 19.9 Å². The zero-order valence-corrected chi connectivity index (χ0v) is 20.3. The van der Waals surface area contributed by atoms with Crippen molar-refractivity contribution in [2.45, 2.75) is 58.4 Å². The molecule has 0 unspecified atom stereocenters. The summed E-state index contributed by atoms with van der Waals surface area (Å²) < 4.78 is 6.46. The Bertz CT molecular complexity index is 1160. The molecule has 35 heavy (non-hydrogen) atoms. The lowest BCUT2D eigenvalue weighted by molar-refractivity contribution is -0.150. The predicted octanol–water partition coefficient (Wildman–Crippen LogP) is 1.67. The Morgan fingerprint density at radius 1 is 1.03 bits per heavy atom. The number of anilines is 1. The fourth-order valence-corrected chi connectivity index (χ4v) is 4.71. The number of likely N-dealkylation sites (N-methyl/N-ethyl adjacent to an activating group) is 1. The van der Waals surface area contributed by atoms with Crippen LogP contribution in [0.1, 0.15) is 49.2 Å². The summed E-state index contributed by atoms with van der Waals surface area (Å²) in [6.45, 7) is 4.29. The maximum absolute atomic E-state index is 13.0. The van der Waals surface area contributed by atoms with Crippen molar-refractivity contribution in [1.82, 2.24) is 29.5 Å². The number of rotatable bonds is 6. The molecule has 12 heteroatoms. The number of carbonyl (C=O) groups is 4. The molecule has 1 N–H and O–H groups in total. The number of esters is 1. The van der Waals surface area contributed by atoms with Crippen LogP contribution >= 0.6 is 0 Å². The van der Waals surface area contributed by atoms with E-state index in [1.165, 1.54) is 9.58 Å². The van der Waals surface area contributed by atoms with Crippen LogP contribution in [0.2, 0.25) is 0 Å². The van der Waals surface area contributed by atoms with Crippen LogP contribution in [-0.2, 0) is 19.1 Å². The molecule has 1 saturated carbocycles. The maximum Gasteiger partial charge on any atom is 0.327 e. The number of imide groups is 1. The van der Waals surface area contributed by atoms with Crippen molar-refractivity contribution >= 4 is 29.6 Å². The highest BCUT2D eigenvalue weighted by atomic mass is 16.5. The maximum atomic E-state index is 13.0. The van der Waals surface area contributed by atoms with Gasteiger partial charge < -0.3 is 15.0 Å². The Hall–Kier alpha value is -3.83. The Kier molecular flexibility index (Phi) is 6.55. The van der Waals surface area contributed by atoms with E-state index in [1.54, 1.807) is 20.0 Å². The van der Waals surface area contributed by atoms with E-state index >= 15 is 0 Å². The third-order valence-electron chi connectivity index (χ3n) is 6.39. The molecule has 0 radical (unpaired) electrons. The molecule has 186 valence electrons. The molecule has 1 spiro atoms. The number of amides is 4. The monoisotopic (exact) mass is 483 g/mol. The van der Waals surface area contributed by atoms with Gasteiger partial charge in [-0.05, 0) is 39.7 Å². The van der Waals surface area contributed by atoms with Crippen molar-refractivity contribution in [3.8, 4) is 5.95 Å². The van der Waals surface area contributed by atoms with Crippen LogP contribution < -0.4 is 5.32 Å². The van der Waals surface area contributed by atoms with Gasteiger partial charge in [-0.2, -0.15) is 9.78 Å². The number of ether oxygens (including phenoxy) is 1. The SMILES string of the molecule is Cc1cc(C)nc(-n2nc(C)cc2NC(=O)COC(=O)CN2C(=O)N(C)C3(CCCCC3)C2=O)n1. The Labute approximate surface area is 202 Å². The molecular weight excluding hydrogens is 454 g/mol. The molecule has 3 heterocycles. The van der Waals surface area contributed by atoms with Crippen molar-refractivity contribution in [3.05, 3.63) is 29.2 Å². The zero-order chi connectivity index (χ0) is 25.3. The van der Waals surface area contributed by atoms with Gasteiger partial charge in [-0.25, -0.2) is 14.8 Å². The molecule has 4 amide bonds. The van der Waals surface area contributed by atoms with E-state index in [0.717, 1.165) is 35.6 Å². The second kappa shape index (κ2) is 9.43. The van der Waals surface area contributed by atoms with E-state index in [4.69, 9.17) is 4.74 Å². The highest BCUT2D eigenvalue weighted by Gasteiger charge is 2.56. The molecular formula is C23H29N7O5. The summed E-state index contributed by atoms with van der Waals surface area (Å²) in [5.41, 5.74) is 1.25. The van der Waals surface area contributed by atoms with Gasteiger partial charge in [0.05, 0.1) is 5.69 Å². The molecule has 1 aliphatic carbocycles. The van der Waals surface area contributed by atoms with Crippen LogP contribution in [0.15, 0.2) is 12.1 Å². The predicted molar refractivity (Wildman–Crippen MR) is 124 cm³/mol. The molecule has 4 rings (SSSR count). The molecule has 2 aromatic heterocycles. The summed E-state index contributed by atoms with van der Waals surface area (Å²) in [4.78, 5) is 61.6. The Morgan fingerprint density at radius 2 is 1.69 bits per heavy atom. The topological polar surface area (TPSA) is 140 Å². The number of aryl methyl sites for hydroxylation is 3. The second-order valence-electron chi connectivity index (χ2n) is 9.07. The smallest absolute Gasteiger partial charge is 0.327 e. The van der Waals surface area contributed by atoms with E-state index in [-0.39, 0.29) is 5.91 Å². The molecule has 0 bridgehead atoms. The summed E-state index contributed by atoms with van der Waals surface area (Å²) in [5.74, 6) is -1.21. The summed E-state index contributed by atoms with van der Waals surface area (Å²) in [7, 11) is 1.59. The number of urea groups is 1. The molecule has 1 aliphatic heterocycles. The minimum absolute atomic E-state index is 0.301. The van der Waals surface area contributed by atoms with Crippen molar-refractivity contribution in [2.24, 2.45) is 0 Å². The molecule has 1 saturated heterocycles. The molecule has 0 atom stereocenters. The van der Waals surface area contributed by atoms with Gasteiger partial charge in [0.1, 0.15) is 17.9 Å². The van der Waals surface area contributed by atoms with Crippen LogP contribution in [0.3, 0.4) is 0 Å². The van der Waals surface area contributed by atoms with Gasteiger partial charge in [0.25, 0.3) is 17.8 Å². The van der Waals surface area contributed by atoms with Crippen LogP contribution in [-0.4, -0.2) is 79.1 Å². The Morgan fingerprint density at radius 3 is 2.34 bits per heavy atom. The fraction of sp³-hybridized carbons (Fsp3) is 0.522. The van der Waals surface area contributed by atoms with E-state index in [9.17, 15) is 19.2 Å². The number of nitrogens with zero attached hydrogens (tertiary/aromatic N) is 6. The van der Waals surface area contributed by atoms with Crippen molar-refractivity contribution in [3.63, 3.8) is 0 Å². The van der Waals surface area contributed by atoms with Gasteiger partial charge in [-0.15, -0.1) is 0 Å². The van der Waals surface area contributed by atoms with Crippen LogP contribution in [0, 0.1) is 20.8 Å². The first-order chi connectivity index (χ1) is 16.6. The number of hydrogen-bond acceptors (Lipinski definition) is 8. The van der Waals surface area contributed by atoms with Crippen LogP contribution in [0.4, 0.5) is 10.6 Å². The third kappa shape index (κ3) is 4.73. The van der Waals surface area contributed by atoms with Gasteiger partial charge >= 0.3 is 12.0 Å². The lowest BCUT2D eigenvalue weighted by atomic mass is 9.81. The highest BCUT2D eigenvalue weighted by molar-refractivity contribution is 6.08. The first-order valence-corrected chi connectivity index (χ1v) is 11.6. The fourth-order valence-electron chi connectivity index (χ4n) is 4.71. The largest absolute Gasteiger partial charge is 0.454 e. The first kappa shape index (κ1) is 24.3. The average Bonchev–Trinajstić information content (AvgIpc) is 3.25. The standard InChI is InChI=1S/C23H29N7O5/c1-14-10-15(2)25-21(24-14)30-17(11-16(3)27-30)26-18(31)13-35-19(32)12-29-20(33)23(28(4)22(29)34)8-6-5-7-9-23/h10-11H,5-9,12-13H2,1-4H3,(H,26,31). The summed E-state index contributed by atoms with van der Waals surface area (Å²) in [6.07, 6.45) is 3.89. The average molecular weight is 484 g/mol. The van der Waals surface area contributed by atoms with Gasteiger partial charge in [0.15, 0.2) is 6.61 Å². The normalized spacial score (nSPS) is 17.3. The minimum atomic E-state index is -0.876. The first-order valence-electron chi connectivity index (χ1n) is 11.6. The minimum Gasteiger partial charge on any atom is -0.454 e. The second-order valence-corrected chi connectivity index (χ2v) is 9.07. The number of carbonyl (C=O) groups excluding carboxylic acids is 4. The summed E-state index contributed by atoms with van der Waals surface area (Å²) in [6, 6.07) is 2.94. The third-order valence-corrected chi connectivity index (χ3v) is 6.39. The van der Waals surface area contributed by atoms with E-state index in [2.05, 4.69) is 20.4 Å². The lowest BCUT2D eigenvalue weighted by Crippen LogP contribution is -2.49. The van der Waals surface area contributed by atoms with Gasteiger partial charge in [-0.1, -0.05) is 19.3 Å². The van der Waals surface area contributed by atoms with Crippen LogP contribution in [0.5, 0.6) is 0 Å². The zero-order valence-electron chi connectivity index (χ0n) is 20.3. The number of hydrogen-bond donors (Lipinski definition) is 1. The summed E-state index contributed by atoms with van der Waals surface area (Å²) >= 11 is 0. The van der Waals surface area contributed by atoms with Gasteiger partial charge in [0, 0.05) is 24.5 Å². The van der Waals surface area contributed by atoms with Crippen molar-refractivity contribution < 1.29 is 23.9 Å². The number of aromatic nitrogens is 4. The highest BCUT2D eigenvalue weighted by Crippen LogP contribution is 2.39. The van der Waals surface area contributed by atoms with Crippen molar-refractivity contribution in [1.29, 1.82) is 0 Å². The quantitative estimate of drug-likeness (QED) is 0.483. The molecule has 0 aromatic carbocycles. The molecule has 2 fully saturated rings. The van der Waals surface area contributed by atoms with Gasteiger partial charge in [-0.3, -0.25) is 19.3 Å². The molecule has 2 aliphatic rings. The summed E-state index contributed by atoms with van der Waals surface area (Å²) in [5, 5.41) is 6.97. The van der Waals surface area contributed by atoms with Crippen molar-refractivity contribution in [2.75, 3.05) is 25.5 Å².